The Morgan fingerprint density at radius 3 is 2.27 bits per heavy atom. The molecular weight excluding hydrogens is 138 g/mol. The lowest BCUT2D eigenvalue weighted by molar-refractivity contribution is 0.00712. The zero-order chi connectivity index (χ0) is 7.84. The van der Waals surface area contributed by atoms with Gasteiger partial charge in [-0.1, -0.05) is 30.3 Å². The fraction of sp³-hybridized carbons (Fsp3) is 0.333. The van der Waals surface area contributed by atoms with E-state index < -0.39 is 0 Å². The second-order valence-electron chi connectivity index (χ2n) is 2.98. The number of hydrogen-bond donors (Lipinski definition) is 1. The van der Waals surface area contributed by atoms with Gasteiger partial charge in [-0.05, 0) is 12.5 Å². The number of benzene rings is 1. The van der Waals surface area contributed by atoms with E-state index in [4.69, 9.17) is 0 Å². The summed E-state index contributed by atoms with van der Waals surface area (Å²) < 4.78 is 0. The van der Waals surface area contributed by atoms with Crippen LogP contribution in [0.2, 0.25) is 0 Å². The normalized spacial score (nSPS) is 35.3. The topological polar surface area (TPSA) is 23.2 Å². The lowest BCUT2D eigenvalue weighted by atomic mass is 10.1. The predicted molar refractivity (Wildman–Crippen MR) is 42.3 cm³/mol. The summed E-state index contributed by atoms with van der Waals surface area (Å²) >= 11 is 0. The predicted octanol–water partition coefficient (Wildman–Crippen LogP) is 1.82. The number of hydrogen-bond acceptors (Lipinski definition) is 2. The molecule has 1 aromatic carbocycles. The number of rotatable bonds is 1. The van der Waals surface area contributed by atoms with Crippen molar-refractivity contribution in [1.82, 2.24) is 5.06 Å². The van der Waals surface area contributed by atoms with Crippen molar-refractivity contribution >= 4 is 0 Å². The van der Waals surface area contributed by atoms with Gasteiger partial charge in [-0.3, -0.25) is 0 Å². The van der Waals surface area contributed by atoms with E-state index in [9.17, 15) is 5.21 Å². The van der Waals surface area contributed by atoms with E-state index in [1.165, 1.54) is 10.6 Å². The molecule has 2 nitrogen and oxygen atoms in total. The van der Waals surface area contributed by atoms with E-state index in [1.54, 1.807) is 0 Å². The standard InChI is InChI=1S/C9H11NO/c1-7-9(10(7)11)8-5-3-2-4-6-8/h2-7,9,11H,1H3/t7-,9?,10?/m1/s1. The average molecular weight is 149 g/mol. The molecule has 0 aromatic heterocycles. The fourth-order valence-corrected chi connectivity index (χ4v) is 1.41. The van der Waals surface area contributed by atoms with Gasteiger partial charge in [-0.25, -0.2) is 0 Å². The summed E-state index contributed by atoms with van der Waals surface area (Å²) in [5.41, 5.74) is 1.20. The van der Waals surface area contributed by atoms with Crippen molar-refractivity contribution in [3.63, 3.8) is 0 Å². The van der Waals surface area contributed by atoms with Crippen LogP contribution in [0.3, 0.4) is 0 Å². The molecule has 0 aliphatic carbocycles. The first kappa shape index (κ1) is 6.83. The molecule has 0 spiro atoms. The monoisotopic (exact) mass is 149 g/mol. The first-order valence-corrected chi connectivity index (χ1v) is 3.83. The van der Waals surface area contributed by atoms with E-state index in [-0.39, 0.29) is 12.1 Å². The van der Waals surface area contributed by atoms with Gasteiger partial charge >= 0.3 is 0 Å². The van der Waals surface area contributed by atoms with Gasteiger partial charge in [0.1, 0.15) is 0 Å². The Morgan fingerprint density at radius 2 is 1.82 bits per heavy atom. The smallest absolute Gasteiger partial charge is 0.0779 e. The zero-order valence-corrected chi connectivity index (χ0v) is 6.44. The SMILES string of the molecule is C[C@@H]1C(c2ccccc2)N1O. The molecule has 1 N–H and O–H groups in total. The van der Waals surface area contributed by atoms with Crippen molar-refractivity contribution in [3.05, 3.63) is 35.9 Å². The van der Waals surface area contributed by atoms with Crippen molar-refractivity contribution in [2.24, 2.45) is 0 Å². The Balaban J connectivity index is 2.20. The van der Waals surface area contributed by atoms with E-state index in [1.807, 2.05) is 37.3 Å². The first-order chi connectivity index (χ1) is 5.30. The molecule has 2 heteroatoms. The average Bonchev–Trinajstić information content (AvgIpc) is 2.62. The minimum atomic E-state index is 0.233. The molecule has 1 aliphatic rings. The van der Waals surface area contributed by atoms with E-state index in [0.29, 0.717) is 0 Å². The number of hydroxylamine groups is 2. The molecule has 1 saturated heterocycles. The van der Waals surface area contributed by atoms with Crippen LogP contribution in [-0.2, 0) is 0 Å². The summed E-state index contributed by atoms with van der Waals surface area (Å²) in [6.07, 6.45) is 0. The minimum Gasteiger partial charge on any atom is -0.313 e. The van der Waals surface area contributed by atoms with Crippen LogP contribution in [0.4, 0.5) is 0 Å². The highest BCUT2D eigenvalue weighted by Gasteiger charge is 2.44. The van der Waals surface area contributed by atoms with Crippen molar-refractivity contribution in [3.8, 4) is 0 Å². The minimum absolute atomic E-state index is 0.233. The van der Waals surface area contributed by atoms with Crippen LogP contribution in [0, 0.1) is 0 Å². The highest BCUT2D eigenvalue weighted by Crippen LogP contribution is 2.39. The third-order valence-electron chi connectivity index (χ3n) is 2.21. The second-order valence-corrected chi connectivity index (χ2v) is 2.98. The van der Waals surface area contributed by atoms with Gasteiger partial charge in [0.15, 0.2) is 0 Å². The zero-order valence-electron chi connectivity index (χ0n) is 6.44. The third-order valence-corrected chi connectivity index (χ3v) is 2.21. The Labute approximate surface area is 66.0 Å². The van der Waals surface area contributed by atoms with Gasteiger partial charge < -0.3 is 5.21 Å². The molecular formula is C9H11NO. The number of nitrogens with zero attached hydrogens (tertiary/aromatic N) is 1. The lowest BCUT2D eigenvalue weighted by Gasteiger charge is -1.94. The van der Waals surface area contributed by atoms with Gasteiger partial charge in [0, 0.05) is 0 Å². The van der Waals surface area contributed by atoms with Crippen LogP contribution >= 0.6 is 0 Å². The molecule has 1 heterocycles. The molecule has 0 bridgehead atoms. The van der Waals surface area contributed by atoms with E-state index >= 15 is 0 Å². The van der Waals surface area contributed by atoms with Gasteiger partial charge in [0.05, 0.1) is 12.1 Å². The molecule has 0 saturated carbocycles. The largest absolute Gasteiger partial charge is 0.313 e. The Bertz CT molecular complexity index is 239. The van der Waals surface area contributed by atoms with Crippen LogP contribution < -0.4 is 0 Å². The van der Waals surface area contributed by atoms with Gasteiger partial charge in [0.2, 0.25) is 0 Å². The second kappa shape index (κ2) is 2.32. The lowest BCUT2D eigenvalue weighted by Crippen LogP contribution is -1.88. The summed E-state index contributed by atoms with van der Waals surface area (Å²) in [4.78, 5) is 0. The molecule has 0 radical (unpaired) electrons. The highest BCUT2D eigenvalue weighted by atomic mass is 16.5. The van der Waals surface area contributed by atoms with Crippen molar-refractivity contribution in [1.29, 1.82) is 0 Å². The van der Waals surface area contributed by atoms with Crippen LogP contribution in [0.25, 0.3) is 0 Å². The molecule has 3 atom stereocenters. The van der Waals surface area contributed by atoms with E-state index in [2.05, 4.69) is 0 Å². The van der Waals surface area contributed by atoms with Crippen LogP contribution in [0.1, 0.15) is 18.5 Å². The Hall–Kier alpha value is -0.860. The summed E-state index contributed by atoms with van der Waals surface area (Å²) in [7, 11) is 0. The molecule has 11 heavy (non-hydrogen) atoms. The van der Waals surface area contributed by atoms with Gasteiger partial charge in [-0.2, -0.15) is 5.06 Å². The molecule has 2 rings (SSSR count). The van der Waals surface area contributed by atoms with Gasteiger partial charge in [0.25, 0.3) is 0 Å². The Morgan fingerprint density at radius 1 is 1.27 bits per heavy atom. The third kappa shape index (κ3) is 1.04. The van der Waals surface area contributed by atoms with Crippen LogP contribution in [0.15, 0.2) is 30.3 Å². The van der Waals surface area contributed by atoms with Crippen molar-refractivity contribution < 1.29 is 5.21 Å². The maximum atomic E-state index is 9.18. The van der Waals surface area contributed by atoms with Gasteiger partial charge in [-0.15, -0.1) is 0 Å². The quantitative estimate of drug-likeness (QED) is 0.615. The molecule has 1 aromatic rings. The first-order valence-electron chi connectivity index (χ1n) is 3.83. The van der Waals surface area contributed by atoms with E-state index in [0.717, 1.165) is 0 Å². The molecule has 1 aliphatic heterocycles. The fourth-order valence-electron chi connectivity index (χ4n) is 1.41. The summed E-state index contributed by atoms with van der Waals surface area (Å²) in [6.45, 7) is 2.01. The molecule has 0 amide bonds. The van der Waals surface area contributed by atoms with Crippen LogP contribution in [0.5, 0.6) is 0 Å². The molecule has 1 fully saturated rings. The summed E-state index contributed by atoms with van der Waals surface area (Å²) in [5, 5.41) is 10.6. The Kier molecular flexibility index (Phi) is 1.44. The maximum absolute atomic E-state index is 9.18. The summed E-state index contributed by atoms with van der Waals surface area (Å²) in [5.74, 6) is 0. The maximum Gasteiger partial charge on any atom is 0.0779 e. The molecule has 2 unspecified atom stereocenters. The summed E-state index contributed by atoms with van der Waals surface area (Å²) in [6, 6.07) is 10.6. The highest BCUT2D eigenvalue weighted by molar-refractivity contribution is 5.24. The van der Waals surface area contributed by atoms with Crippen molar-refractivity contribution in [2.45, 2.75) is 19.0 Å². The van der Waals surface area contributed by atoms with Crippen molar-refractivity contribution in [2.75, 3.05) is 0 Å². The molecule has 58 valence electrons. The van der Waals surface area contributed by atoms with Crippen LogP contribution in [-0.4, -0.2) is 16.3 Å².